The van der Waals surface area contributed by atoms with Gasteiger partial charge in [-0.25, -0.2) is 9.97 Å². The monoisotopic (exact) mass is 303 g/mol. The molecule has 2 aromatic rings. The van der Waals surface area contributed by atoms with Gasteiger partial charge in [-0.05, 0) is 26.3 Å². The molecule has 22 heavy (non-hydrogen) atoms. The smallest absolute Gasteiger partial charge is 0.220 e. The maximum atomic E-state index is 11.9. The summed E-state index contributed by atoms with van der Waals surface area (Å²) >= 11 is 0. The lowest BCUT2D eigenvalue weighted by atomic mass is 10.1. The number of nitrogens with one attached hydrogen (secondary N) is 1. The third-order valence-electron chi connectivity index (χ3n) is 3.38. The first-order chi connectivity index (χ1) is 10.5. The van der Waals surface area contributed by atoms with Gasteiger partial charge >= 0.3 is 0 Å². The van der Waals surface area contributed by atoms with Crippen LogP contribution in [0.4, 0.5) is 5.82 Å². The topological polar surface area (TPSA) is 84.2 Å². The molecule has 7 heteroatoms. The van der Waals surface area contributed by atoms with Crippen LogP contribution in [0, 0.1) is 13.8 Å². The molecule has 0 aliphatic rings. The molecule has 1 amide bonds. The summed E-state index contributed by atoms with van der Waals surface area (Å²) in [6.07, 6.45) is 2.69. The van der Waals surface area contributed by atoms with E-state index in [1.54, 1.807) is 6.20 Å². The van der Waals surface area contributed by atoms with Gasteiger partial charge in [0, 0.05) is 32.3 Å². The number of rotatable bonds is 6. The van der Waals surface area contributed by atoms with Crippen molar-refractivity contribution in [3.63, 3.8) is 0 Å². The highest BCUT2D eigenvalue weighted by Crippen LogP contribution is 2.14. The van der Waals surface area contributed by atoms with Gasteiger partial charge in [-0.3, -0.25) is 4.79 Å². The second kappa shape index (κ2) is 7.02. The van der Waals surface area contributed by atoms with E-state index in [9.17, 15) is 4.79 Å². The second-order valence-electron chi connectivity index (χ2n) is 5.30. The van der Waals surface area contributed by atoms with Crippen LogP contribution in [-0.2, 0) is 17.8 Å². The van der Waals surface area contributed by atoms with Crippen LogP contribution in [0.15, 0.2) is 16.8 Å². The van der Waals surface area contributed by atoms with Crippen molar-refractivity contribution >= 4 is 11.7 Å². The van der Waals surface area contributed by atoms with Crippen LogP contribution in [0.3, 0.4) is 0 Å². The largest absolute Gasteiger partial charge is 0.363 e. The Bertz CT molecular complexity index is 632. The van der Waals surface area contributed by atoms with Gasteiger partial charge in [-0.1, -0.05) is 5.16 Å². The number of aryl methyl sites for hydroxylation is 2. The van der Waals surface area contributed by atoms with Crippen molar-refractivity contribution < 1.29 is 9.32 Å². The Hall–Kier alpha value is -2.44. The first-order valence-corrected chi connectivity index (χ1v) is 7.15. The quantitative estimate of drug-likeness (QED) is 0.868. The summed E-state index contributed by atoms with van der Waals surface area (Å²) in [7, 11) is 3.82. The standard InChI is InChI=1S/C15H21N5O2/c1-10-12(11(2)22-19-10)5-6-15(21)17-9-13-16-8-7-14(18-13)20(3)4/h7-8H,5-6,9H2,1-4H3,(H,17,21). The minimum absolute atomic E-state index is 0.0427. The molecule has 2 rings (SSSR count). The number of aromatic nitrogens is 3. The molecule has 118 valence electrons. The Kier molecular flexibility index (Phi) is 5.08. The summed E-state index contributed by atoms with van der Waals surface area (Å²) in [5.41, 5.74) is 1.84. The van der Waals surface area contributed by atoms with Gasteiger partial charge in [0.05, 0.1) is 12.2 Å². The fourth-order valence-electron chi connectivity index (χ4n) is 2.09. The summed E-state index contributed by atoms with van der Waals surface area (Å²) in [4.78, 5) is 22.3. The van der Waals surface area contributed by atoms with Crippen LogP contribution >= 0.6 is 0 Å². The molecule has 0 saturated heterocycles. The molecule has 0 aliphatic heterocycles. The van der Waals surface area contributed by atoms with Crippen LogP contribution in [0.5, 0.6) is 0 Å². The van der Waals surface area contributed by atoms with E-state index < -0.39 is 0 Å². The van der Waals surface area contributed by atoms with Crippen LogP contribution in [0.1, 0.15) is 29.3 Å². The predicted molar refractivity (Wildman–Crippen MR) is 82.5 cm³/mol. The number of hydrogen-bond donors (Lipinski definition) is 1. The summed E-state index contributed by atoms with van der Waals surface area (Å²) < 4.78 is 5.09. The first-order valence-electron chi connectivity index (χ1n) is 7.15. The van der Waals surface area contributed by atoms with Crippen molar-refractivity contribution in [3.8, 4) is 0 Å². The minimum Gasteiger partial charge on any atom is -0.363 e. The van der Waals surface area contributed by atoms with Gasteiger partial charge in [0.1, 0.15) is 17.4 Å². The highest BCUT2D eigenvalue weighted by molar-refractivity contribution is 5.76. The molecule has 0 aliphatic carbocycles. The summed E-state index contributed by atoms with van der Waals surface area (Å²) in [5.74, 6) is 2.14. The average Bonchev–Trinajstić information content (AvgIpc) is 2.82. The van der Waals surface area contributed by atoms with Crippen molar-refractivity contribution in [2.24, 2.45) is 0 Å². The van der Waals surface area contributed by atoms with E-state index in [0.717, 1.165) is 22.8 Å². The van der Waals surface area contributed by atoms with Crippen molar-refractivity contribution in [2.45, 2.75) is 33.2 Å². The van der Waals surface area contributed by atoms with Crippen LogP contribution in [0.25, 0.3) is 0 Å². The lowest BCUT2D eigenvalue weighted by Crippen LogP contribution is -2.24. The van der Waals surface area contributed by atoms with E-state index in [1.165, 1.54) is 0 Å². The van der Waals surface area contributed by atoms with Gasteiger partial charge in [-0.15, -0.1) is 0 Å². The summed E-state index contributed by atoms with van der Waals surface area (Å²) in [5, 5.41) is 6.72. The number of nitrogens with zero attached hydrogens (tertiary/aromatic N) is 4. The molecular formula is C15H21N5O2. The molecule has 0 radical (unpaired) electrons. The van der Waals surface area contributed by atoms with Crippen molar-refractivity contribution in [1.82, 2.24) is 20.4 Å². The number of anilines is 1. The van der Waals surface area contributed by atoms with Crippen molar-refractivity contribution in [1.29, 1.82) is 0 Å². The fourth-order valence-corrected chi connectivity index (χ4v) is 2.09. The van der Waals surface area contributed by atoms with Crippen LogP contribution < -0.4 is 10.2 Å². The number of amides is 1. The second-order valence-corrected chi connectivity index (χ2v) is 5.30. The van der Waals surface area contributed by atoms with E-state index in [4.69, 9.17) is 4.52 Å². The zero-order valence-corrected chi connectivity index (χ0v) is 13.4. The lowest BCUT2D eigenvalue weighted by molar-refractivity contribution is -0.121. The Balaban J connectivity index is 1.84. The van der Waals surface area contributed by atoms with Crippen molar-refractivity contribution in [2.75, 3.05) is 19.0 Å². The molecule has 0 saturated carbocycles. The molecule has 0 atom stereocenters. The number of carbonyl (C=O) groups excluding carboxylic acids is 1. The van der Waals surface area contributed by atoms with Gasteiger partial charge in [0.15, 0.2) is 0 Å². The van der Waals surface area contributed by atoms with E-state index >= 15 is 0 Å². The molecule has 0 aromatic carbocycles. The number of carbonyl (C=O) groups is 1. The Labute approximate surface area is 129 Å². The SMILES string of the molecule is Cc1noc(C)c1CCC(=O)NCc1nccc(N(C)C)n1. The minimum atomic E-state index is -0.0427. The Morgan fingerprint density at radius 3 is 2.77 bits per heavy atom. The summed E-state index contributed by atoms with van der Waals surface area (Å²) in [6.45, 7) is 4.06. The van der Waals surface area contributed by atoms with E-state index in [0.29, 0.717) is 25.2 Å². The zero-order valence-electron chi connectivity index (χ0n) is 13.4. The molecule has 2 aromatic heterocycles. The predicted octanol–water partition coefficient (Wildman–Crippen LogP) is 1.40. The van der Waals surface area contributed by atoms with E-state index in [2.05, 4.69) is 20.4 Å². The molecule has 1 N–H and O–H groups in total. The normalized spacial score (nSPS) is 10.5. The van der Waals surface area contributed by atoms with Gasteiger partial charge < -0.3 is 14.7 Å². The summed E-state index contributed by atoms with van der Waals surface area (Å²) in [6, 6.07) is 1.82. The third-order valence-corrected chi connectivity index (χ3v) is 3.38. The maximum absolute atomic E-state index is 11.9. The van der Waals surface area contributed by atoms with Crippen LogP contribution in [0.2, 0.25) is 0 Å². The highest BCUT2D eigenvalue weighted by atomic mass is 16.5. The molecule has 2 heterocycles. The van der Waals surface area contributed by atoms with E-state index in [1.807, 2.05) is 38.9 Å². The Morgan fingerprint density at radius 2 is 2.14 bits per heavy atom. The lowest BCUT2D eigenvalue weighted by Gasteiger charge is -2.11. The van der Waals surface area contributed by atoms with E-state index in [-0.39, 0.29) is 5.91 Å². The number of hydrogen-bond acceptors (Lipinski definition) is 6. The van der Waals surface area contributed by atoms with Gasteiger partial charge in [-0.2, -0.15) is 0 Å². The third kappa shape index (κ3) is 4.03. The Morgan fingerprint density at radius 1 is 1.36 bits per heavy atom. The molecule has 0 spiro atoms. The highest BCUT2D eigenvalue weighted by Gasteiger charge is 2.11. The molecular weight excluding hydrogens is 282 g/mol. The van der Waals surface area contributed by atoms with Gasteiger partial charge in [0.2, 0.25) is 5.91 Å². The molecule has 0 fully saturated rings. The molecule has 7 nitrogen and oxygen atoms in total. The molecule has 0 bridgehead atoms. The average molecular weight is 303 g/mol. The van der Waals surface area contributed by atoms with Crippen molar-refractivity contribution in [3.05, 3.63) is 35.1 Å². The fraction of sp³-hybridized carbons (Fsp3) is 0.467. The zero-order chi connectivity index (χ0) is 16.1. The maximum Gasteiger partial charge on any atom is 0.220 e. The van der Waals surface area contributed by atoms with Crippen LogP contribution in [-0.4, -0.2) is 35.1 Å². The molecule has 0 unspecified atom stereocenters. The van der Waals surface area contributed by atoms with Gasteiger partial charge in [0.25, 0.3) is 0 Å². The first kappa shape index (κ1) is 15.9.